The van der Waals surface area contributed by atoms with Crippen molar-refractivity contribution in [3.8, 4) is 0 Å². The monoisotopic (exact) mass is 223 g/mol. The summed E-state index contributed by atoms with van der Waals surface area (Å²) >= 11 is 0. The van der Waals surface area contributed by atoms with Crippen molar-refractivity contribution in [2.24, 2.45) is 0 Å². The fourth-order valence-corrected chi connectivity index (χ4v) is 1.17. The van der Waals surface area contributed by atoms with Crippen LogP contribution in [0.2, 0.25) is 0 Å². The number of carbonyl (C=O) groups is 1. The molecule has 16 heavy (non-hydrogen) atoms. The Morgan fingerprint density at radius 1 is 1.56 bits per heavy atom. The van der Waals surface area contributed by atoms with Crippen molar-refractivity contribution < 1.29 is 9.53 Å². The molecule has 0 unspecified atom stereocenters. The maximum Gasteiger partial charge on any atom is 0.238 e. The highest BCUT2D eigenvalue weighted by Crippen LogP contribution is 2.10. The molecule has 0 radical (unpaired) electrons. The second kappa shape index (κ2) is 6.92. The second-order valence-electron chi connectivity index (χ2n) is 3.41. The lowest BCUT2D eigenvalue weighted by atomic mass is 10.2. The Kier molecular flexibility index (Phi) is 5.45. The molecule has 0 saturated carbocycles. The van der Waals surface area contributed by atoms with Crippen molar-refractivity contribution in [2.45, 2.75) is 6.92 Å². The number of methoxy groups -OCH3 is 1. The van der Waals surface area contributed by atoms with Crippen LogP contribution in [0.4, 0.5) is 5.69 Å². The summed E-state index contributed by atoms with van der Waals surface area (Å²) in [7, 11) is 1.63. The van der Waals surface area contributed by atoms with Gasteiger partial charge in [0.2, 0.25) is 5.91 Å². The molecule has 0 atom stereocenters. The van der Waals surface area contributed by atoms with Gasteiger partial charge in [0.25, 0.3) is 0 Å². The number of rotatable bonds is 6. The molecule has 1 rings (SSSR count). The van der Waals surface area contributed by atoms with Gasteiger partial charge in [0.05, 0.1) is 25.0 Å². The van der Waals surface area contributed by atoms with Gasteiger partial charge < -0.3 is 15.4 Å². The van der Waals surface area contributed by atoms with Gasteiger partial charge in [-0.15, -0.1) is 0 Å². The van der Waals surface area contributed by atoms with E-state index in [0.29, 0.717) is 13.2 Å². The highest BCUT2D eigenvalue weighted by Gasteiger charge is 2.03. The molecular formula is C11H17N3O2. The van der Waals surface area contributed by atoms with Crippen molar-refractivity contribution >= 4 is 11.6 Å². The highest BCUT2D eigenvalue weighted by molar-refractivity contribution is 5.92. The number of nitrogens with zero attached hydrogens (tertiary/aromatic N) is 1. The average molecular weight is 223 g/mol. The zero-order chi connectivity index (χ0) is 11.8. The summed E-state index contributed by atoms with van der Waals surface area (Å²) < 4.78 is 4.86. The van der Waals surface area contributed by atoms with Crippen molar-refractivity contribution in [3.05, 3.63) is 24.0 Å². The third-order valence-electron chi connectivity index (χ3n) is 2.08. The minimum Gasteiger partial charge on any atom is -0.383 e. The molecule has 0 aromatic carbocycles. The van der Waals surface area contributed by atoms with E-state index >= 15 is 0 Å². The number of amides is 1. The molecule has 0 saturated heterocycles. The Morgan fingerprint density at radius 3 is 3.06 bits per heavy atom. The molecule has 88 valence electrons. The minimum atomic E-state index is -0.0767. The second-order valence-corrected chi connectivity index (χ2v) is 3.41. The first-order chi connectivity index (χ1) is 7.74. The summed E-state index contributed by atoms with van der Waals surface area (Å²) in [4.78, 5) is 15.4. The first-order valence-electron chi connectivity index (χ1n) is 5.14. The smallest absolute Gasteiger partial charge is 0.238 e. The first-order valence-corrected chi connectivity index (χ1v) is 5.14. The van der Waals surface area contributed by atoms with Gasteiger partial charge in [-0.3, -0.25) is 9.78 Å². The van der Waals surface area contributed by atoms with Crippen LogP contribution in [0.3, 0.4) is 0 Å². The third kappa shape index (κ3) is 4.37. The van der Waals surface area contributed by atoms with E-state index in [1.165, 1.54) is 0 Å². The molecule has 0 spiro atoms. The molecule has 1 aromatic rings. The SMILES string of the molecule is COCCNCC(=O)Nc1cnccc1C. The van der Waals surface area contributed by atoms with E-state index in [-0.39, 0.29) is 12.5 Å². The lowest BCUT2D eigenvalue weighted by Crippen LogP contribution is -2.30. The molecule has 0 aliphatic rings. The molecule has 0 fully saturated rings. The van der Waals surface area contributed by atoms with E-state index < -0.39 is 0 Å². The van der Waals surface area contributed by atoms with Gasteiger partial charge in [-0.25, -0.2) is 0 Å². The van der Waals surface area contributed by atoms with E-state index in [4.69, 9.17) is 4.74 Å². The zero-order valence-corrected chi connectivity index (χ0v) is 9.62. The molecular weight excluding hydrogens is 206 g/mol. The van der Waals surface area contributed by atoms with Crippen LogP contribution in [0, 0.1) is 6.92 Å². The fourth-order valence-electron chi connectivity index (χ4n) is 1.17. The predicted octanol–water partition coefficient (Wildman–Crippen LogP) is 0.565. The maximum absolute atomic E-state index is 11.5. The normalized spacial score (nSPS) is 10.1. The van der Waals surface area contributed by atoms with Gasteiger partial charge in [0, 0.05) is 19.9 Å². The zero-order valence-electron chi connectivity index (χ0n) is 9.62. The highest BCUT2D eigenvalue weighted by atomic mass is 16.5. The van der Waals surface area contributed by atoms with Crippen LogP contribution in [-0.2, 0) is 9.53 Å². The molecule has 1 aromatic heterocycles. The van der Waals surface area contributed by atoms with E-state index in [0.717, 1.165) is 11.3 Å². The molecule has 5 nitrogen and oxygen atoms in total. The summed E-state index contributed by atoms with van der Waals surface area (Å²) in [6.07, 6.45) is 3.34. The Labute approximate surface area is 95.2 Å². The van der Waals surface area contributed by atoms with Gasteiger partial charge >= 0.3 is 0 Å². The lowest BCUT2D eigenvalue weighted by molar-refractivity contribution is -0.115. The number of hydrogen-bond acceptors (Lipinski definition) is 4. The Hall–Kier alpha value is -1.46. The molecule has 0 aliphatic heterocycles. The van der Waals surface area contributed by atoms with E-state index in [1.807, 2.05) is 13.0 Å². The van der Waals surface area contributed by atoms with E-state index in [9.17, 15) is 4.79 Å². The Balaban J connectivity index is 2.32. The standard InChI is InChI=1S/C11H17N3O2/c1-9-3-4-12-7-10(9)14-11(15)8-13-5-6-16-2/h3-4,7,13H,5-6,8H2,1-2H3,(H,14,15). The van der Waals surface area contributed by atoms with Crippen LogP contribution in [0.15, 0.2) is 18.5 Å². The van der Waals surface area contributed by atoms with Crippen molar-refractivity contribution in [3.63, 3.8) is 0 Å². The fraction of sp³-hybridized carbons (Fsp3) is 0.455. The third-order valence-corrected chi connectivity index (χ3v) is 2.08. The van der Waals surface area contributed by atoms with Crippen LogP contribution in [0.1, 0.15) is 5.56 Å². The summed E-state index contributed by atoms with van der Waals surface area (Å²) in [5.41, 5.74) is 1.75. The minimum absolute atomic E-state index is 0.0767. The molecule has 2 N–H and O–H groups in total. The predicted molar refractivity (Wildman–Crippen MR) is 62.3 cm³/mol. The van der Waals surface area contributed by atoms with E-state index in [1.54, 1.807) is 19.5 Å². The number of pyridine rings is 1. The van der Waals surface area contributed by atoms with Crippen molar-refractivity contribution in [1.82, 2.24) is 10.3 Å². The van der Waals surface area contributed by atoms with Gasteiger partial charge in [-0.2, -0.15) is 0 Å². The molecule has 1 amide bonds. The Bertz CT molecular complexity index is 342. The van der Waals surface area contributed by atoms with E-state index in [2.05, 4.69) is 15.6 Å². The summed E-state index contributed by atoms with van der Waals surface area (Å²) in [6, 6.07) is 1.86. The van der Waals surface area contributed by atoms with Gasteiger partial charge in [0.15, 0.2) is 0 Å². The number of ether oxygens (including phenoxy) is 1. The molecule has 5 heteroatoms. The van der Waals surface area contributed by atoms with Crippen LogP contribution in [0.25, 0.3) is 0 Å². The number of carbonyl (C=O) groups excluding carboxylic acids is 1. The lowest BCUT2D eigenvalue weighted by Gasteiger charge is -2.08. The molecule has 1 heterocycles. The number of aryl methyl sites for hydroxylation is 1. The van der Waals surface area contributed by atoms with Crippen LogP contribution >= 0.6 is 0 Å². The molecule has 0 aliphatic carbocycles. The van der Waals surface area contributed by atoms with Crippen LogP contribution in [-0.4, -0.2) is 37.7 Å². The quantitative estimate of drug-likeness (QED) is 0.692. The van der Waals surface area contributed by atoms with Crippen molar-refractivity contribution in [2.75, 3.05) is 32.1 Å². The summed E-state index contributed by atoms with van der Waals surface area (Å²) in [5, 5.41) is 5.75. The topological polar surface area (TPSA) is 63.2 Å². The van der Waals surface area contributed by atoms with Gasteiger partial charge in [0.1, 0.15) is 0 Å². The van der Waals surface area contributed by atoms with Crippen LogP contribution < -0.4 is 10.6 Å². The maximum atomic E-state index is 11.5. The number of aromatic nitrogens is 1. The number of nitrogens with one attached hydrogen (secondary N) is 2. The summed E-state index contributed by atoms with van der Waals surface area (Å²) in [5.74, 6) is -0.0767. The number of anilines is 1. The summed E-state index contributed by atoms with van der Waals surface area (Å²) in [6.45, 7) is 3.46. The number of hydrogen-bond donors (Lipinski definition) is 2. The van der Waals surface area contributed by atoms with Crippen molar-refractivity contribution in [1.29, 1.82) is 0 Å². The average Bonchev–Trinajstić information content (AvgIpc) is 2.28. The first kappa shape index (κ1) is 12.6. The Morgan fingerprint density at radius 2 is 2.38 bits per heavy atom. The van der Waals surface area contributed by atoms with Gasteiger partial charge in [-0.05, 0) is 18.6 Å². The van der Waals surface area contributed by atoms with Crippen LogP contribution in [0.5, 0.6) is 0 Å². The van der Waals surface area contributed by atoms with Gasteiger partial charge in [-0.1, -0.05) is 0 Å². The molecule has 0 bridgehead atoms. The largest absolute Gasteiger partial charge is 0.383 e.